The first-order chi connectivity index (χ1) is 14.1. The number of hydrogen-bond donors (Lipinski definition) is 2. The molecule has 4 rings (SSSR count). The highest BCUT2D eigenvalue weighted by atomic mass is 32.1. The van der Waals surface area contributed by atoms with E-state index in [1.165, 1.54) is 4.88 Å². The SMILES string of the molecule is CNC(=O)[C@]1(Cc2ccccc2-c2cccs2)CCCN(C(=O)c2ccn[nH]2)C1. The van der Waals surface area contributed by atoms with Crippen molar-refractivity contribution < 1.29 is 9.59 Å². The average molecular weight is 409 g/mol. The van der Waals surface area contributed by atoms with Gasteiger partial charge >= 0.3 is 0 Å². The van der Waals surface area contributed by atoms with Gasteiger partial charge in [-0.25, -0.2) is 0 Å². The van der Waals surface area contributed by atoms with Crippen molar-refractivity contribution in [3.8, 4) is 10.4 Å². The Morgan fingerprint density at radius 1 is 1.24 bits per heavy atom. The number of H-pyrrole nitrogens is 1. The molecule has 0 radical (unpaired) electrons. The van der Waals surface area contributed by atoms with E-state index in [0.29, 0.717) is 25.2 Å². The molecule has 0 aliphatic carbocycles. The number of carbonyl (C=O) groups excluding carboxylic acids is 2. The van der Waals surface area contributed by atoms with E-state index < -0.39 is 5.41 Å². The van der Waals surface area contributed by atoms with Crippen LogP contribution < -0.4 is 5.32 Å². The lowest BCUT2D eigenvalue weighted by Gasteiger charge is -2.41. The first-order valence-electron chi connectivity index (χ1n) is 9.75. The van der Waals surface area contributed by atoms with Crippen molar-refractivity contribution in [3.63, 3.8) is 0 Å². The molecule has 7 heteroatoms. The minimum atomic E-state index is -0.657. The molecule has 1 aliphatic rings. The number of aromatic amines is 1. The number of amides is 2. The Hall–Kier alpha value is -2.93. The third-order valence-electron chi connectivity index (χ3n) is 5.64. The smallest absolute Gasteiger partial charge is 0.271 e. The molecule has 0 bridgehead atoms. The topological polar surface area (TPSA) is 78.1 Å². The van der Waals surface area contributed by atoms with Gasteiger partial charge in [-0.15, -0.1) is 11.3 Å². The van der Waals surface area contributed by atoms with Gasteiger partial charge in [0.15, 0.2) is 0 Å². The van der Waals surface area contributed by atoms with E-state index in [0.717, 1.165) is 24.0 Å². The molecule has 1 fully saturated rings. The molecule has 3 aromatic rings. The second kappa shape index (κ2) is 8.21. The summed E-state index contributed by atoms with van der Waals surface area (Å²) in [5.74, 6) is -0.123. The molecule has 3 heterocycles. The number of carbonyl (C=O) groups is 2. The number of hydrogen-bond acceptors (Lipinski definition) is 4. The molecule has 1 saturated heterocycles. The van der Waals surface area contributed by atoms with E-state index in [9.17, 15) is 9.59 Å². The Morgan fingerprint density at radius 3 is 2.83 bits per heavy atom. The van der Waals surface area contributed by atoms with E-state index in [1.54, 1.807) is 35.5 Å². The molecule has 2 aromatic heterocycles. The zero-order valence-electron chi connectivity index (χ0n) is 16.4. The molecule has 150 valence electrons. The molecule has 0 spiro atoms. The van der Waals surface area contributed by atoms with Crippen LogP contribution in [0.5, 0.6) is 0 Å². The van der Waals surface area contributed by atoms with Gasteiger partial charge in [-0.1, -0.05) is 30.3 Å². The molecular formula is C22H24N4O2S. The summed E-state index contributed by atoms with van der Waals surface area (Å²) >= 11 is 1.69. The Morgan fingerprint density at radius 2 is 2.10 bits per heavy atom. The normalized spacial score (nSPS) is 19.1. The second-order valence-electron chi connectivity index (χ2n) is 7.47. The number of piperidine rings is 1. The summed E-state index contributed by atoms with van der Waals surface area (Å²) in [7, 11) is 1.67. The van der Waals surface area contributed by atoms with Gasteiger partial charge in [0, 0.05) is 31.2 Å². The molecule has 2 N–H and O–H groups in total. The van der Waals surface area contributed by atoms with Gasteiger partial charge in [0.05, 0.1) is 5.41 Å². The Kier molecular flexibility index (Phi) is 5.49. The number of aromatic nitrogens is 2. The van der Waals surface area contributed by atoms with E-state index in [2.05, 4.69) is 39.1 Å². The molecular weight excluding hydrogens is 384 g/mol. The van der Waals surface area contributed by atoms with Crippen LogP contribution in [0.2, 0.25) is 0 Å². The summed E-state index contributed by atoms with van der Waals surface area (Å²) in [6, 6.07) is 14.1. The van der Waals surface area contributed by atoms with E-state index in [4.69, 9.17) is 0 Å². The van der Waals surface area contributed by atoms with Crippen LogP contribution in [0.25, 0.3) is 10.4 Å². The van der Waals surface area contributed by atoms with Crippen molar-refractivity contribution >= 4 is 23.2 Å². The van der Waals surface area contributed by atoms with Crippen LogP contribution in [-0.2, 0) is 11.2 Å². The fourth-order valence-corrected chi connectivity index (χ4v) is 5.02. The summed E-state index contributed by atoms with van der Waals surface area (Å²) in [6.45, 7) is 1.03. The number of benzene rings is 1. The third-order valence-corrected chi connectivity index (χ3v) is 6.54. The highest BCUT2D eigenvalue weighted by molar-refractivity contribution is 7.13. The Balaban J connectivity index is 1.66. The van der Waals surface area contributed by atoms with Crippen LogP contribution in [0.3, 0.4) is 0 Å². The average Bonchev–Trinajstić information content (AvgIpc) is 3.47. The maximum absolute atomic E-state index is 13.1. The van der Waals surface area contributed by atoms with E-state index in [-0.39, 0.29) is 11.8 Å². The van der Waals surface area contributed by atoms with Crippen molar-refractivity contribution in [2.75, 3.05) is 20.1 Å². The second-order valence-corrected chi connectivity index (χ2v) is 8.42. The zero-order chi connectivity index (χ0) is 20.3. The Bertz CT molecular complexity index is 984. The fraction of sp³-hybridized carbons (Fsp3) is 0.318. The molecule has 0 unspecified atom stereocenters. The number of likely N-dealkylation sites (tertiary alicyclic amines) is 1. The maximum atomic E-state index is 13.1. The Labute approximate surface area is 173 Å². The summed E-state index contributed by atoms with van der Waals surface area (Å²) in [5, 5.41) is 11.5. The largest absolute Gasteiger partial charge is 0.359 e. The van der Waals surface area contributed by atoms with Crippen molar-refractivity contribution in [2.24, 2.45) is 5.41 Å². The van der Waals surface area contributed by atoms with Crippen LogP contribution in [0.15, 0.2) is 54.0 Å². The molecule has 1 atom stereocenters. The van der Waals surface area contributed by atoms with Gasteiger partial charge in [-0.2, -0.15) is 5.10 Å². The van der Waals surface area contributed by atoms with Gasteiger partial charge < -0.3 is 10.2 Å². The van der Waals surface area contributed by atoms with Crippen molar-refractivity contribution in [2.45, 2.75) is 19.3 Å². The lowest BCUT2D eigenvalue weighted by Crippen LogP contribution is -2.54. The van der Waals surface area contributed by atoms with E-state index >= 15 is 0 Å². The van der Waals surface area contributed by atoms with Crippen molar-refractivity contribution in [1.29, 1.82) is 0 Å². The van der Waals surface area contributed by atoms with Crippen LogP contribution in [0, 0.1) is 5.41 Å². The summed E-state index contributed by atoms with van der Waals surface area (Å²) in [5.41, 5.74) is 2.09. The number of thiophene rings is 1. The van der Waals surface area contributed by atoms with Gasteiger partial charge in [0.1, 0.15) is 5.69 Å². The van der Waals surface area contributed by atoms with Crippen LogP contribution >= 0.6 is 11.3 Å². The summed E-state index contributed by atoms with van der Waals surface area (Å²) in [4.78, 5) is 28.9. The minimum absolute atomic E-state index is 0.0133. The monoisotopic (exact) mass is 408 g/mol. The van der Waals surface area contributed by atoms with Gasteiger partial charge in [0.2, 0.25) is 5.91 Å². The minimum Gasteiger partial charge on any atom is -0.359 e. The van der Waals surface area contributed by atoms with Gasteiger partial charge in [-0.05, 0) is 47.9 Å². The molecule has 1 aromatic carbocycles. The lowest BCUT2D eigenvalue weighted by molar-refractivity contribution is -0.133. The van der Waals surface area contributed by atoms with E-state index in [1.807, 2.05) is 18.2 Å². The van der Waals surface area contributed by atoms with Crippen molar-refractivity contribution in [3.05, 3.63) is 65.3 Å². The number of nitrogens with zero attached hydrogens (tertiary/aromatic N) is 2. The highest BCUT2D eigenvalue weighted by Gasteiger charge is 2.43. The predicted octanol–water partition coefficient (Wildman–Crippen LogP) is 3.35. The first-order valence-corrected chi connectivity index (χ1v) is 10.6. The number of rotatable bonds is 5. The standard InChI is InChI=1S/C22H24N4O2S/c1-23-21(28)22(10-5-12-26(15-22)20(27)18-9-11-24-25-18)14-16-6-2-3-7-17(16)19-8-4-13-29-19/h2-4,6-9,11,13H,5,10,12,14-15H2,1H3,(H,23,28)(H,24,25)/t22-/m0/s1. The number of nitrogens with one attached hydrogen (secondary N) is 2. The fourth-order valence-electron chi connectivity index (χ4n) is 4.24. The lowest BCUT2D eigenvalue weighted by atomic mass is 9.73. The van der Waals surface area contributed by atoms with Crippen LogP contribution in [-0.4, -0.2) is 47.0 Å². The molecule has 1 aliphatic heterocycles. The van der Waals surface area contributed by atoms with Gasteiger partial charge in [0.25, 0.3) is 5.91 Å². The highest BCUT2D eigenvalue weighted by Crippen LogP contribution is 2.38. The molecule has 0 saturated carbocycles. The molecule has 6 nitrogen and oxygen atoms in total. The molecule has 29 heavy (non-hydrogen) atoms. The molecule has 2 amide bonds. The zero-order valence-corrected chi connectivity index (χ0v) is 17.2. The maximum Gasteiger partial charge on any atom is 0.271 e. The quantitative estimate of drug-likeness (QED) is 0.680. The summed E-state index contributed by atoms with van der Waals surface area (Å²) in [6.07, 6.45) is 3.70. The van der Waals surface area contributed by atoms with Crippen LogP contribution in [0.4, 0.5) is 0 Å². The van der Waals surface area contributed by atoms with Crippen LogP contribution in [0.1, 0.15) is 28.9 Å². The summed E-state index contributed by atoms with van der Waals surface area (Å²) < 4.78 is 0. The third kappa shape index (κ3) is 3.82. The van der Waals surface area contributed by atoms with Gasteiger partial charge in [-0.3, -0.25) is 14.7 Å². The van der Waals surface area contributed by atoms with Crippen molar-refractivity contribution in [1.82, 2.24) is 20.4 Å². The first kappa shape index (κ1) is 19.4. The predicted molar refractivity (Wildman–Crippen MR) is 114 cm³/mol.